The lowest BCUT2D eigenvalue weighted by Crippen LogP contribution is -2.30. The lowest BCUT2D eigenvalue weighted by molar-refractivity contribution is -0.121. The van der Waals surface area contributed by atoms with E-state index in [0.29, 0.717) is 19.6 Å². The van der Waals surface area contributed by atoms with Gasteiger partial charge in [-0.3, -0.25) is 4.79 Å². The van der Waals surface area contributed by atoms with E-state index in [-0.39, 0.29) is 5.91 Å². The summed E-state index contributed by atoms with van der Waals surface area (Å²) in [6.45, 7) is 2.16. The summed E-state index contributed by atoms with van der Waals surface area (Å²) in [5, 5.41) is 5.74. The molecule has 0 unspecified atom stereocenters. The topological polar surface area (TPSA) is 50.4 Å². The van der Waals surface area contributed by atoms with Gasteiger partial charge in [0.15, 0.2) is 0 Å². The molecular formula is C8H18N2O2. The van der Waals surface area contributed by atoms with Gasteiger partial charge in [0.2, 0.25) is 5.91 Å². The molecule has 0 saturated carbocycles. The molecule has 0 radical (unpaired) electrons. The average molecular weight is 174 g/mol. The fraction of sp³-hybridized carbons (Fsp3) is 0.875. The minimum atomic E-state index is 0.0994. The molecule has 0 saturated heterocycles. The molecule has 0 heterocycles. The monoisotopic (exact) mass is 174 g/mol. The fourth-order valence-corrected chi connectivity index (χ4v) is 0.792. The Kier molecular flexibility index (Phi) is 8.05. The zero-order valence-corrected chi connectivity index (χ0v) is 7.85. The van der Waals surface area contributed by atoms with Gasteiger partial charge in [0.1, 0.15) is 0 Å². The molecule has 12 heavy (non-hydrogen) atoms. The summed E-state index contributed by atoms with van der Waals surface area (Å²) in [4.78, 5) is 11.0. The molecule has 0 aromatic heterocycles. The Morgan fingerprint density at radius 1 is 1.42 bits per heavy atom. The third-order valence-electron chi connectivity index (χ3n) is 1.45. The second-order valence-electron chi connectivity index (χ2n) is 2.55. The number of rotatable bonds is 7. The summed E-state index contributed by atoms with van der Waals surface area (Å²) in [5.74, 6) is 0.0994. The summed E-state index contributed by atoms with van der Waals surface area (Å²) >= 11 is 0. The molecule has 0 fully saturated rings. The standard InChI is InChI=1S/C8H18N2O2/c1-9-5-6-10-8(11)4-3-7-12-2/h9H,3-7H2,1-2H3,(H,10,11). The Morgan fingerprint density at radius 2 is 2.17 bits per heavy atom. The zero-order chi connectivity index (χ0) is 9.23. The highest BCUT2D eigenvalue weighted by Gasteiger charge is 1.98. The van der Waals surface area contributed by atoms with E-state index in [1.807, 2.05) is 7.05 Å². The molecule has 0 aromatic rings. The maximum absolute atomic E-state index is 11.0. The lowest BCUT2D eigenvalue weighted by atomic mass is 10.3. The summed E-state index contributed by atoms with van der Waals surface area (Å²) in [7, 11) is 3.50. The Labute approximate surface area is 73.7 Å². The van der Waals surface area contributed by atoms with E-state index in [0.717, 1.165) is 13.0 Å². The molecule has 0 bridgehead atoms. The van der Waals surface area contributed by atoms with Gasteiger partial charge in [-0.2, -0.15) is 0 Å². The van der Waals surface area contributed by atoms with Crippen LogP contribution in [0.2, 0.25) is 0 Å². The van der Waals surface area contributed by atoms with E-state index in [1.165, 1.54) is 0 Å². The highest BCUT2D eigenvalue weighted by Crippen LogP contribution is 1.87. The van der Waals surface area contributed by atoms with Crippen molar-refractivity contribution >= 4 is 5.91 Å². The number of hydrogen-bond donors (Lipinski definition) is 2. The van der Waals surface area contributed by atoms with Crippen molar-refractivity contribution in [3.05, 3.63) is 0 Å². The van der Waals surface area contributed by atoms with Gasteiger partial charge in [-0.15, -0.1) is 0 Å². The van der Waals surface area contributed by atoms with Crippen molar-refractivity contribution in [2.75, 3.05) is 33.9 Å². The molecule has 2 N–H and O–H groups in total. The quantitative estimate of drug-likeness (QED) is 0.523. The highest BCUT2D eigenvalue weighted by atomic mass is 16.5. The van der Waals surface area contributed by atoms with Crippen LogP contribution in [0.25, 0.3) is 0 Å². The van der Waals surface area contributed by atoms with Gasteiger partial charge in [0.25, 0.3) is 0 Å². The van der Waals surface area contributed by atoms with Gasteiger partial charge >= 0.3 is 0 Å². The molecule has 0 aliphatic rings. The molecule has 0 aliphatic heterocycles. The van der Waals surface area contributed by atoms with Crippen LogP contribution in [0, 0.1) is 0 Å². The van der Waals surface area contributed by atoms with Crippen LogP contribution in [-0.4, -0.2) is 39.8 Å². The van der Waals surface area contributed by atoms with Crippen LogP contribution >= 0.6 is 0 Å². The first-order valence-electron chi connectivity index (χ1n) is 4.21. The molecule has 0 aliphatic carbocycles. The minimum absolute atomic E-state index is 0.0994. The number of nitrogens with one attached hydrogen (secondary N) is 2. The average Bonchev–Trinajstić information content (AvgIpc) is 2.06. The third-order valence-corrected chi connectivity index (χ3v) is 1.45. The zero-order valence-electron chi connectivity index (χ0n) is 7.85. The van der Waals surface area contributed by atoms with Crippen molar-refractivity contribution in [2.45, 2.75) is 12.8 Å². The molecule has 72 valence electrons. The molecule has 0 aromatic carbocycles. The summed E-state index contributed by atoms with van der Waals surface area (Å²) in [5.41, 5.74) is 0. The van der Waals surface area contributed by atoms with Crippen molar-refractivity contribution in [3.63, 3.8) is 0 Å². The van der Waals surface area contributed by atoms with Crippen LogP contribution in [0.3, 0.4) is 0 Å². The third kappa shape index (κ3) is 7.50. The maximum atomic E-state index is 11.0. The fourth-order valence-electron chi connectivity index (χ4n) is 0.792. The molecule has 0 rings (SSSR count). The Balaban J connectivity index is 3.10. The van der Waals surface area contributed by atoms with E-state index in [9.17, 15) is 4.79 Å². The van der Waals surface area contributed by atoms with Crippen molar-refractivity contribution in [3.8, 4) is 0 Å². The van der Waals surface area contributed by atoms with Gasteiger partial charge in [0, 0.05) is 33.2 Å². The second kappa shape index (κ2) is 8.49. The summed E-state index contributed by atoms with van der Waals surface area (Å²) in [6, 6.07) is 0. The van der Waals surface area contributed by atoms with Gasteiger partial charge < -0.3 is 15.4 Å². The number of methoxy groups -OCH3 is 1. The molecule has 4 heteroatoms. The number of carbonyl (C=O) groups excluding carboxylic acids is 1. The molecular weight excluding hydrogens is 156 g/mol. The lowest BCUT2D eigenvalue weighted by Gasteiger charge is -2.03. The first-order valence-corrected chi connectivity index (χ1v) is 4.21. The predicted molar refractivity (Wildman–Crippen MR) is 48.0 cm³/mol. The van der Waals surface area contributed by atoms with E-state index >= 15 is 0 Å². The van der Waals surface area contributed by atoms with Crippen LogP contribution in [-0.2, 0) is 9.53 Å². The molecule has 4 nitrogen and oxygen atoms in total. The first kappa shape index (κ1) is 11.4. The van der Waals surface area contributed by atoms with Crippen LogP contribution in [0.5, 0.6) is 0 Å². The van der Waals surface area contributed by atoms with Crippen molar-refractivity contribution in [1.82, 2.24) is 10.6 Å². The number of ether oxygens (including phenoxy) is 1. The normalized spacial score (nSPS) is 9.83. The van der Waals surface area contributed by atoms with E-state index in [4.69, 9.17) is 4.74 Å². The largest absolute Gasteiger partial charge is 0.385 e. The number of carbonyl (C=O) groups is 1. The Morgan fingerprint density at radius 3 is 2.75 bits per heavy atom. The summed E-state index contributed by atoms with van der Waals surface area (Å²) in [6.07, 6.45) is 1.35. The van der Waals surface area contributed by atoms with E-state index < -0.39 is 0 Å². The summed E-state index contributed by atoms with van der Waals surface area (Å²) < 4.78 is 4.83. The van der Waals surface area contributed by atoms with Gasteiger partial charge in [-0.25, -0.2) is 0 Å². The number of hydrogen-bond acceptors (Lipinski definition) is 3. The van der Waals surface area contributed by atoms with Crippen LogP contribution < -0.4 is 10.6 Å². The molecule has 0 spiro atoms. The number of likely N-dealkylation sites (N-methyl/N-ethyl adjacent to an activating group) is 1. The van der Waals surface area contributed by atoms with E-state index in [2.05, 4.69) is 10.6 Å². The minimum Gasteiger partial charge on any atom is -0.385 e. The van der Waals surface area contributed by atoms with Crippen LogP contribution in [0.1, 0.15) is 12.8 Å². The SMILES string of the molecule is CNCCNC(=O)CCCOC. The number of amides is 1. The van der Waals surface area contributed by atoms with Crippen LogP contribution in [0.15, 0.2) is 0 Å². The van der Waals surface area contributed by atoms with Crippen LogP contribution in [0.4, 0.5) is 0 Å². The van der Waals surface area contributed by atoms with Crippen molar-refractivity contribution < 1.29 is 9.53 Å². The van der Waals surface area contributed by atoms with Gasteiger partial charge in [0.05, 0.1) is 0 Å². The van der Waals surface area contributed by atoms with Gasteiger partial charge in [-0.1, -0.05) is 0 Å². The van der Waals surface area contributed by atoms with Gasteiger partial charge in [-0.05, 0) is 13.5 Å². The second-order valence-corrected chi connectivity index (χ2v) is 2.55. The maximum Gasteiger partial charge on any atom is 0.220 e. The van der Waals surface area contributed by atoms with E-state index in [1.54, 1.807) is 7.11 Å². The van der Waals surface area contributed by atoms with Crippen molar-refractivity contribution in [1.29, 1.82) is 0 Å². The highest BCUT2D eigenvalue weighted by molar-refractivity contribution is 5.75. The Hall–Kier alpha value is -0.610. The smallest absolute Gasteiger partial charge is 0.220 e. The molecule has 0 atom stereocenters. The predicted octanol–water partition coefficient (Wildman–Crippen LogP) is -0.251. The first-order chi connectivity index (χ1) is 5.81. The molecule has 1 amide bonds. The Bertz CT molecular complexity index is 106. The van der Waals surface area contributed by atoms with Crippen molar-refractivity contribution in [2.24, 2.45) is 0 Å².